The van der Waals surface area contributed by atoms with Gasteiger partial charge in [-0.2, -0.15) is 0 Å². The van der Waals surface area contributed by atoms with Gasteiger partial charge in [0, 0.05) is 0 Å². The molecule has 2 rings (SSSR count). The Morgan fingerprint density at radius 2 is 1.81 bits per heavy atom. The molecular formula is C15H15NO5. The normalized spacial score (nSPS) is 11.9. The number of nitrogens with two attached hydrogens (primary N) is 1. The van der Waals surface area contributed by atoms with Crippen molar-refractivity contribution in [2.24, 2.45) is 5.73 Å². The van der Waals surface area contributed by atoms with E-state index in [4.69, 9.17) is 15.6 Å². The van der Waals surface area contributed by atoms with E-state index in [0.717, 1.165) is 0 Å². The topological polar surface area (TPSA) is 113 Å². The lowest BCUT2D eigenvalue weighted by Crippen LogP contribution is -2.32. The van der Waals surface area contributed by atoms with Crippen molar-refractivity contribution in [1.29, 1.82) is 0 Å². The maximum absolute atomic E-state index is 10.7. The molecule has 0 amide bonds. The average molecular weight is 289 g/mol. The summed E-state index contributed by atoms with van der Waals surface area (Å²) in [5.74, 6) is -0.409. The fraction of sp³-hybridized carbons (Fsp3) is 0.133. The second-order valence-corrected chi connectivity index (χ2v) is 4.55. The van der Waals surface area contributed by atoms with Crippen LogP contribution < -0.4 is 10.5 Å². The average Bonchev–Trinajstić information content (AvgIpc) is 2.44. The molecule has 5 N–H and O–H groups in total. The highest BCUT2D eigenvalue weighted by Crippen LogP contribution is 2.32. The minimum Gasteiger partial charge on any atom is -0.508 e. The largest absolute Gasteiger partial charge is 0.508 e. The molecule has 0 heterocycles. The molecule has 2 aromatic rings. The maximum Gasteiger partial charge on any atom is 0.320 e. The summed E-state index contributed by atoms with van der Waals surface area (Å²) in [4.78, 5) is 10.7. The number of benzene rings is 2. The van der Waals surface area contributed by atoms with Crippen molar-refractivity contribution in [3.05, 3.63) is 48.0 Å². The summed E-state index contributed by atoms with van der Waals surface area (Å²) in [6, 6.07) is 9.61. The molecule has 0 radical (unpaired) electrons. The molecule has 6 heteroatoms. The fourth-order valence-corrected chi connectivity index (χ4v) is 1.76. The zero-order chi connectivity index (χ0) is 15.4. The van der Waals surface area contributed by atoms with Gasteiger partial charge in [-0.1, -0.05) is 6.07 Å². The molecule has 0 saturated heterocycles. The van der Waals surface area contributed by atoms with Crippen LogP contribution in [0.5, 0.6) is 23.0 Å². The Kier molecular flexibility index (Phi) is 4.30. The van der Waals surface area contributed by atoms with Crippen LogP contribution in [0.15, 0.2) is 42.5 Å². The van der Waals surface area contributed by atoms with Crippen LogP contribution in [0.2, 0.25) is 0 Å². The van der Waals surface area contributed by atoms with E-state index in [1.165, 1.54) is 24.3 Å². The first kappa shape index (κ1) is 14.7. The summed E-state index contributed by atoms with van der Waals surface area (Å²) in [5, 5.41) is 27.8. The van der Waals surface area contributed by atoms with Crippen LogP contribution in [0.25, 0.3) is 0 Å². The summed E-state index contributed by atoms with van der Waals surface area (Å²) in [6.45, 7) is 0. The van der Waals surface area contributed by atoms with E-state index in [1.54, 1.807) is 18.2 Å². The molecule has 0 unspecified atom stereocenters. The van der Waals surface area contributed by atoms with Gasteiger partial charge in [-0.25, -0.2) is 0 Å². The van der Waals surface area contributed by atoms with Crippen molar-refractivity contribution in [2.45, 2.75) is 12.5 Å². The Labute approximate surface area is 121 Å². The number of carbonyl (C=O) groups is 1. The van der Waals surface area contributed by atoms with Gasteiger partial charge in [-0.05, 0) is 48.4 Å². The van der Waals surface area contributed by atoms with Crippen LogP contribution in [0.3, 0.4) is 0 Å². The van der Waals surface area contributed by atoms with Crippen molar-refractivity contribution in [1.82, 2.24) is 0 Å². The van der Waals surface area contributed by atoms with Crippen LogP contribution >= 0.6 is 0 Å². The van der Waals surface area contributed by atoms with Crippen molar-refractivity contribution in [3.63, 3.8) is 0 Å². The summed E-state index contributed by atoms with van der Waals surface area (Å²) >= 11 is 0. The summed E-state index contributed by atoms with van der Waals surface area (Å²) in [7, 11) is 0. The Balaban J connectivity index is 2.12. The summed E-state index contributed by atoms with van der Waals surface area (Å²) < 4.78 is 5.46. The van der Waals surface area contributed by atoms with Gasteiger partial charge in [0.2, 0.25) is 0 Å². The first-order chi connectivity index (χ1) is 9.95. The first-order valence-corrected chi connectivity index (χ1v) is 6.23. The molecule has 2 aromatic carbocycles. The van der Waals surface area contributed by atoms with Crippen LogP contribution in [0, 0.1) is 0 Å². The number of hydrogen-bond acceptors (Lipinski definition) is 5. The Morgan fingerprint density at radius 1 is 1.14 bits per heavy atom. The Morgan fingerprint density at radius 3 is 2.38 bits per heavy atom. The zero-order valence-electron chi connectivity index (χ0n) is 11.1. The van der Waals surface area contributed by atoms with Gasteiger partial charge in [0.15, 0.2) is 11.5 Å². The van der Waals surface area contributed by atoms with E-state index in [-0.39, 0.29) is 23.7 Å². The highest BCUT2D eigenvalue weighted by molar-refractivity contribution is 5.73. The molecular weight excluding hydrogens is 274 g/mol. The second kappa shape index (κ2) is 6.15. The highest BCUT2D eigenvalue weighted by Gasteiger charge is 2.13. The smallest absolute Gasteiger partial charge is 0.320 e. The predicted octanol–water partition coefficient (Wildman–Crippen LogP) is 1.84. The minimum atomic E-state index is -1.10. The van der Waals surface area contributed by atoms with Crippen LogP contribution in [0.4, 0.5) is 0 Å². The number of ether oxygens (including phenoxy) is 1. The first-order valence-electron chi connectivity index (χ1n) is 6.23. The van der Waals surface area contributed by atoms with Gasteiger partial charge in [-0.15, -0.1) is 0 Å². The monoisotopic (exact) mass is 289 g/mol. The van der Waals surface area contributed by atoms with Crippen molar-refractivity contribution < 1.29 is 24.9 Å². The lowest BCUT2D eigenvalue weighted by molar-refractivity contribution is -0.138. The molecule has 21 heavy (non-hydrogen) atoms. The molecule has 1 atom stereocenters. The number of carboxylic acid groups (broad SMARTS) is 1. The van der Waals surface area contributed by atoms with Crippen molar-refractivity contribution >= 4 is 5.97 Å². The molecule has 0 aliphatic carbocycles. The van der Waals surface area contributed by atoms with Gasteiger partial charge in [-0.3, -0.25) is 4.79 Å². The molecule has 110 valence electrons. The van der Waals surface area contributed by atoms with E-state index in [2.05, 4.69) is 0 Å². The van der Waals surface area contributed by atoms with Gasteiger partial charge in [0.05, 0.1) is 0 Å². The third-order valence-electron chi connectivity index (χ3n) is 2.86. The Bertz CT molecular complexity index is 639. The van der Waals surface area contributed by atoms with E-state index in [0.29, 0.717) is 11.3 Å². The molecule has 0 saturated carbocycles. The number of phenolic OH excluding ortho intramolecular Hbond substituents is 2. The Hall–Kier alpha value is -2.73. The molecule has 0 aromatic heterocycles. The lowest BCUT2D eigenvalue weighted by Gasteiger charge is -2.10. The van der Waals surface area contributed by atoms with E-state index < -0.39 is 12.0 Å². The van der Waals surface area contributed by atoms with Crippen LogP contribution in [0.1, 0.15) is 5.56 Å². The molecule has 6 nitrogen and oxygen atoms in total. The summed E-state index contributed by atoms with van der Waals surface area (Å²) in [6.07, 6.45) is 0.113. The van der Waals surface area contributed by atoms with Crippen LogP contribution in [-0.4, -0.2) is 27.3 Å². The molecule has 0 aliphatic heterocycles. The van der Waals surface area contributed by atoms with Gasteiger partial charge in [0.25, 0.3) is 0 Å². The molecule has 0 spiro atoms. The lowest BCUT2D eigenvalue weighted by atomic mass is 10.1. The van der Waals surface area contributed by atoms with E-state index >= 15 is 0 Å². The number of hydrogen-bond donors (Lipinski definition) is 4. The fourth-order valence-electron chi connectivity index (χ4n) is 1.76. The quantitative estimate of drug-likeness (QED) is 0.668. The number of rotatable bonds is 5. The van der Waals surface area contributed by atoms with Gasteiger partial charge in [0.1, 0.15) is 17.5 Å². The third kappa shape index (κ3) is 3.87. The van der Waals surface area contributed by atoms with Crippen molar-refractivity contribution in [2.75, 3.05) is 0 Å². The third-order valence-corrected chi connectivity index (χ3v) is 2.86. The standard InChI is InChI=1S/C15H15NO5/c16-12(15(19)20)7-9-1-6-14(13(18)8-9)21-11-4-2-10(17)3-5-11/h1-6,8,12,17-18H,7,16H2,(H,19,20)/t12-/m1/s1. The number of phenols is 2. The second-order valence-electron chi connectivity index (χ2n) is 4.55. The predicted molar refractivity (Wildman–Crippen MR) is 75.6 cm³/mol. The minimum absolute atomic E-state index is 0.113. The SMILES string of the molecule is N[C@H](Cc1ccc(Oc2ccc(O)cc2)c(O)c1)C(=O)O. The molecule has 0 aliphatic rings. The van der Waals surface area contributed by atoms with E-state index in [9.17, 15) is 15.0 Å². The van der Waals surface area contributed by atoms with Gasteiger partial charge >= 0.3 is 5.97 Å². The highest BCUT2D eigenvalue weighted by atomic mass is 16.5. The molecule has 0 bridgehead atoms. The number of aromatic hydroxyl groups is 2. The molecule has 0 fully saturated rings. The van der Waals surface area contributed by atoms with Crippen LogP contribution in [-0.2, 0) is 11.2 Å². The van der Waals surface area contributed by atoms with Crippen molar-refractivity contribution in [3.8, 4) is 23.0 Å². The zero-order valence-corrected chi connectivity index (χ0v) is 11.1. The maximum atomic E-state index is 10.7. The van der Waals surface area contributed by atoms with E-state index in [1.807, 2.05) is 0 Å². The number of carboxylic acids is 1. The summed E-state index contributed by atoms with van der Waals surface area (Å²) in [5.41, 5.74) is 6.04. The van der Waals surface area contributed by atoms with Gasteiger partial charge < -0.3 is 25.8 Å². The number of aliphatic carboxylic acids is 1.